The Balaban J connectivity index is 1.95. The highest BCUT2D eigenvalue weighted by Gasteiger charge is 2.30. The number of rotatable bonds is 4. The van der Waals surface area contributed by atoms with E-state index >= 15 is 0 Å². The average Bonchev–Trinajstić information content (AvgIpc) is 2.90. The van der Waals surface area contributed by atoms with Crippen LogP contribution in [0.1, 0.15) is 27.7 Å². The van der Waals surface area contributed by atoms with Gasteiger partial charge in [-0.3, -0.25) is 9.48 Å². The van der Waals surface area contributed by atoms with Gasteiger partial charge in [0, 0.05) is 13.6 Å². The number of aliphatic hydroxyl groups is 1. The monoisotopic (exact) mass is 314 g/mol. The SMILES string of the molecule is Cn1cc(C(=O)NC[C@@H](O)c2ccc(C(F)(F)F)cc2)nn1. The Bertz CT molecular complexity index is 652. The van der Waals surface area contributed by atoms with E-state index in [9.17, 15) is 23.1 Å². The van der Waals surface area contributed by atoms with Crippen LogP contribution in [0.3, 0.4) is 0 Å². The standard InChI is InChI=1S/C13H13F3N4O2/c1-20-7-10(18-19-20)12(22)17-6-11(21)8-2-4-9(5-3-8)13(14,15)16/h2-5,7,11,21H,6H2,1H3,(H,17,22)/t11-/m1/s1. The van der Waals surface area contributed by atoms with Crippen molar-refractivity contribution in [3.05, 3.63) is 47.3 Å². The molecular formula is C13H13F3N4O2. The van der Waals surface area contributed by atoms with Crippen molar-refractivity contribution in [2.75, 3.05) is 6.54 Å². The number of amides is 1. The summed E-state index contributed by atoms with van der Waals surface area (Å²) in [5, 5.41) is 19.5. The fourth-order valence-corrected chi connectivity index (χ4v) is 1.74. The van der Waals surface area contributed by atoms with Crippen LogP contribution in [0.2, 0.25) is 0 Å². The highest BCUT2D eigenvalue weighted by Crippen LogP contribution is 2.29. The van der Waals surface area contributed by atoms with Gasteiger partial charge in [-0.1, -0.05) is 17.3 Å². The lowest BCUT2D eigenvalue weighted by atomic mass is 10.1. The first-order valence-corrected chi connectivity index (χ1v) is 6.27. The molecule has 0 fully saturated rings. The Labute approximate surface area is 123 Å². The lowest BCUT2D eigenvalue weighted by Crippen LogP contribution is -2.28. The van der Waals surface area contributed by atoms with Gasteiger partial charge in [0.25, 0.3) is 5.91 Å². The Morgan fingerprint density at radius 2 is 2.00 bits per heavy atom. The number of halogens is 3. The van der Waals surface area contributed by atoms with Crippen molar-refractivity contribution in [1.29, 1.82) is 0 Å². The van der Waals surface area contributed by atoms with Gasteiger partial charge in [-0.15, -0.1) is 5.10 Å². The van der Waals surface area contributed by atoms with Crippen LogP contribution in [0.15, 0.2) is 30.5 Å². The Morgan fingerprint density at radius 3 is 2.50 bits per heavy atom. The summed E-state index contributed by atoms with van der Waals surface area (Å²) in [6.07, 6.45) is -4.15. The number of aromatic nitrogens is 3. The van der Waals surface area contributed by atoms with Crippen LogP contribution in [0.4, 0.5) is 13.2 Å². The van der Waals surface area contributed by atoms with Crippen LogP contribution in [-0.2, 0) is 13.2 Å². The number of aliphatic hydroxyl groups excluding tert-OH is 1. The van der Waals surface area contributed by atoms with Gasteiger partial charge in [0.05, 0.1) is 17.9 Å². The molecule has 2 rings (SSSR count). The van der Waals surface area contributed by atoms with Crippen LogP contribution in [-0.4, -0.2) is 32.6 Å². The second-order valence-corrected chi connectivity index (χ2v) is 4.62. The minimum Gasteiger partial charge on any atom is -0.387 e. The number of carbonyl (C=O) groups is 1. The summed E-state index contributed by atoms with van der Waals surface area (Å²) in [5.74, 6) is -0.529. The van der Waals surface area contributed by atoms with E-state index in [0.29, 0.717) is 0 Å². The van der Waals surface area contributed by atoms with Crippen LogP contribution >= 0.6 is 0 Å². The molecule has 2 N–H and O–H groups in total. The molecule has 22 heavy (non-hydrogen) atoms. The van der Waals surface area contributed by atoms with E-state index in [1.807, 2.05) is 0 Å². The van der Waals surface area contributed by atoms with Crippen molar-refractivity contribution in [3.63, 3.8) is 0 Å². The summed E-state index contributed by atoms with van der Waals surface area (Å²) in [6, 6.07) is 4.09. The van der Waals surface area contributed by atoms with E-state index in [1.54, 1.807) is 7.05 Å². The third-order valence-corrected chi connectivity index (χ3v) is 2.91. The number of nitrogens with one attached hydrogen (secondary N) is 1. The molecule has 2 aromatic rings. The molecule has 0 radical (unpaired) electrons. The van der Waals surface area contributed by atoms with Crippen molar-refractivity contribution in [2.45, 2.75) is 12.3 Å². The topological polar surface area (TPSA) is 80.0 Å². The van der Waals surface area contributed by atoms with Crippen molar-refractivity contribution in [2.24, 2.45) is 7.05 Å². The van der Waals surface area contributed by atoms with E-state index in [-0.39, 0.29) is 17.8 Å². The predicted octanol–water partition coefficient (Wildman–Crippen LogP) is 1.30. The number of benzene rings is 1. The molecule has 1 aromatic heterocycles. The summed E-state index contributed by atoms with van der Waals surface area (Å²) in [6.45, 7) is -0.152. The molecule has 0 unspecified atom stereocenters. The fraction of sp³-hybridized carbons (Fsp3) is 0.308. The largest absolute Gasteiger partial charge is 0.416 e. The van der Waals surface area contributed by atoms with Gasteiger partial charge in [0.15, 0.2) is 5.69 Å². The second-order valence-electron chi connectivity index (χ2n) is 4.62. The minimum absolute atomic E-state index is 0.0853. The summed E-state index contributed by atoms with van der Waals surface area (Å²) in [4.78, 5) is 11.7. The molecular weight excluding hydrogens is 301 g/mol. The molecule has 6 nitrogen and oxygen atoms in total. The van der Waals surface area contributed by atoms with Gasteiger partial charge in [-0.2, -0.15) is 13.2 Å². The lowest BCUT2D eigenvalue weighted by molar-refractivity contribution is -0.137. The first-order chi connectivity index (χ1) is 10.3. The van der Waals surface area contributed by atoms with Crippen molar-refractivity contribution < 1.29 is 23.1 Å². The Hall–Kier alpha value is -2.42. The van der Waals surface area contributed by atoms with Gasteiger partial charge in [0.2, 0.25) is 0 Å². The van der Waals surface area contributed by atoms with Crippen LogP contribution in [0.5, 0.6) is 0 Å². The van der Waals surface area contributed by atoms with Gasteiger partial charge < -0.3 is 10.4 Å². The molecule has 118 valence electrons. The van der Waals surface area contributed by atoms with Crippen LogP contribution in [0.25, 0.3) is 0 Å². The van der Waals surface area contributed by atoms with Crippen molar-refractivity contribution in [3.8, 4) is 0 Å². The third kappa shape index (κ3) is 3.82. The van der Waals surface area contributed by atoms with Gasteiger partial charge in [-0.25, -0.2) is 0 Å². The zero-order chi connectivity index (χ0) is 16.3. The first kappa shape index (κ1) is 16.0. The van der Waals surface area contributed by atoms with E-state index in [4.69, 9.17) is 0 Å². The molecule has 0 aliphatic heterocycles. The smallest absolute Gasteiger partial charge is 0.387 e. The molecule has 0 bridgehead atoms. The van der Waals surface area contributed by atoms with Crippen molar-refractivity contribution in [1.82, 2.24) is 20.3 Å². The van der Waals surface area contributed by atoms with E-state index in [2.05, 4.69) is 15.6 Å². The maximum atomic E-state index is 12.4. The molecule has 1 amide bonds. The lowest BCUT2D eigenvalue weighted by Gasteiger charge is -2.13. The Morgan fingerprint density at radius 1 is 1.36 bits per heavy atom. The highest BCUT2D eigenvalue weighted by atomic mass is 19.4. The minimum atomic E-state index is -4.43. The second kappa shape index (κ2) is 6.14. The third-order valence-electron chi connectivity index (χ3n) is 2.91. The van der Waals surface area contributed by atoms with E-state index in [1.165, 1.54) is 23.0 Å². The maximum Gasteiger partial charge on any atom is 0.416 e. The van der Waals surface area contributed by atoms with Crippen LogP contribution in [0, 0.1) is 0 Å². The first-order valence-electron chi connectivity index (χ1n) is 6.27. The molecule has 0 saturated heterocycles. The zero-order valence-electron chi connectivity index (χ0n) is 11.5. The molecule has 9 heteroatoms. The number of aryl methyl sites for hydroxylation is 1. The predicted molar refractivity (Wildman–Crippen MR) is 69.7 cm³/mol. The van der Waals surface area contributed by atoms with Crippen LogP contribution < -0.4 is 5.32 Å². The molecule has 0 spiro atoms. The van der Waals surface area contributed by atoms with E-state index in [0.717, 1.165) is 12.1 Å². The summed E-state index contributed by atoms with van der Waals surface area (Å²) in [5.41, 5.74) is -0.443. The quantitative estimate of drug-likeness (QED) is 0.891. The number of hydrogen-bond donors (Lipinski definition) is 2. The maximum absolute atomic E-state index is 12.4. The summed E-state index contributed by atoms with van der Waals surface area (Å²) < 4.78 is 38.6. The van der Waals surface area contributed by atoms with Gasteiger partial charge in [0.1, 0.15) is 0 Å². The molecule has 0 aliphatic rings. The summed E-state index contributed by atoms with van der Waals surface area (Å²) >= 11 is 0. The number of nitrogens with zero attached hydrogens (tertiary/aromatic N) is 3. The number of alkyl halides is 3. The molecule has 0 saturated carbocycles. The van der Waals surface area contributed by atoms with E-state index < -0.39 is 23.8 Å². The molecule has 1 atom stereocenters. The molecule has 0 aliphatic carbocycles. The fourth-order valence-electron chi connectivity index (χ4n) is 1.74. The number of hydrogen-bond acceptors (Lipinski definition) is 4. The summed E-state index contributed by atoms with van der Waals surface area (Å²) in [7, 11) is 1.60. The molecule has 1 heterocycles. The van der Waals surface area contributed by atoms with Gasteiger partial charge >= 0.3 is 6.18 Å². The highest BCUT2D eigenvalue weighted by molar-refractivity contribution is 5.91. The van der Waals surface area contributed by atoms with Crippen molar-refractivity contribution >= 4 is 5.91 Å². The number of carbonyl (C=O) groups excluding carboxylic acids is 1. The normalized spacial score (nSPS) is 13.0. The zero-order valence-corrected chi connectivity index (χ0v) is 11.5. The van der Waals surface area contributed by atoms with Gasteiger partial charge in [-0.05, 0) is 17.7 Å². The molecule has 1 aromatic carbocycles. The Kier molecular flexibility index (Phi) is 4.45. The average molecular weight is 314 g/mol.